The maximum absolute atomic E-state index is 5.63. The highest BCUT2D eigenvalue weighted by Crippen LogP contribution is 2.32. The van der Waals surface area contributed by atoms with Crippen molar-refractivity contribution < 1.29 is 4.74 Å². The molecule has 1 N–H and O–H groups in total. The first-order valence-corrected chi connectivity index (χ1v) is 8.27. The molecular formula is C16H32N2O. The molecule has 0 bridgehead atoms. The third-order valence-corrected chi connectivity index (χ3v) is 4.76. The van der Waals surface area contributed by atoms with Crippen molar-refractivity contribution in [3.63, 3.8) is 0 Å². The molecule has 0 radical (unpaired) electrons. The highest BCUT2D eigenvalue weighted by Gasteiger charge is 2.37. The van der Waals surface area contributed by atoms with Crippen molar-refractivity contribution in [3.05, 3.63) is 0 Å². The van der Waals surface area contributed by atoms with E-state index in [4.69, 9.17) is 4.74 Å². The molecule has 3 nitrogen and oxygen atoms in total. The van der Waals surface area contributed by atoms with Crippen LogP contribution >= 0.6 is 0 Å². The van der Waals surface area contributed by atoms with Gasteiger partial charge in [0.25, 0.3) is 0 Å². The second-order valence-corrected chi connectivity index (χ2v) is 6.61. The Morgan fingerprint density at radius 3 is 2.79 bits per heavy atom. The van der Waals surface area contributed by atoms with E-state index >= 15 is 0 Å². The number of hydrogen-bond donors (Lipinski definition) is 1. The lowest BCUT2D eigenvalue weighted by atomic mass is 9.75. The molecule has 0 aromatic heterocycles. The van der Waals surface area contributed by atoms with Gasteiger partial charge in [-0.3, -0.25) is 4.90 Å². The van der Waals surface area contributed by atoms with Gasteiger partial charge >= 0.3 is 0 Å². The van der Waals surface area contributed by atoms with Crippen LogP contribution in [0.15, 0.2) is 0 Å². The fraction of sp³-hybridized carbons (Fsp3) is 1.00. The summed E-state index contributed by atoms with van der Waals surface area (Å²) in [4.78, 5) is 2.71. The van der Waals surface area contributed by atoms with Gasteiger partial charge in [-0.2, -0.15) is 0 Å². The number of hydrogen-bond acceptors (Lipinski definition) is 3. The minimum absolute atomic E-state index is 0.678. The third-order valence-electron chi connectivity index (χ3n) is 4.76. The highest BCUT2D eigenvalue weighted by molar-refractivity contribution is 4.94. The quantitative estimate of drug-likeness (QED) is 0.848. The van der Waals surface area contributed by atoms with Crippen LogP contribution in [0.2, 0.25) is 0 Å². The number of nitrogens with zero attached hydrogens (tertiary/aromatic N) is 1. The molecule has 19 heavy (non-hydrogen) atoms. The van der Waals surface area contributed by atoms with Gasteiger partial charge < -0.3 is 10.1 Å². The summed E-state index contributed by atoms with van der Waals surface area (Å²) in [5.41, 5.74) is 0. The molecule has 1 saturated carbocycles. The molecular weight excluding hydrogens is 236 g/mol. The zero-order valence-electron chi connectivity index (χ0n) is 13.0. The van der Waals surface area contributed by atoms with Crippen LogP contribution < -0.4 is 5.32 Å². The molecule has 2 aliphatic rings. The molecule has 4 atom stereocenters. The lowest BCUT2D eigenvalue weighted by molar-refractivity contribution is 0.0569. The smallest absolute Gasteiger partial charge is 0.0593 e. The van der Waals surface area contributed by atoms with Crippen LogP contribution in [0.3, 0.4) is 0 Å². The first-order chi connectivity index (χ1) is 9.22. The zero-order chi connectivity index (χ0) is 13.7. The average Bonchev–Trinajstić information content (AvgIpc) is 2.64. The summed E-state index contributed by atoms with van der Waals surface area (Å²) in [7, 11) is 0. The summed E-state index contributed by atoms with van der Waals surface area (Å²) in [6.45, 7) is 12.5. The van der Waals surface area contributed by atoms with E-state index in [2.05, 4.69) is 31.0 Å². The van der Waals surface area contributed by atoms with Gasteiger partial charge in [-0.25, -0.2) is 0 Å². The third kappa shape index (κ3) is 4.17. The van der Waals surface area contributed by atoms with Gasteiger partial charge in [0.15, 0.2) is 0 Å². The van der Waals surface area contributed by atoms with Gasteiger partial charge in [0.1, 0.15) is 0 Å². The highest BCUT2D eigenvalue weighted by atomic mass is 16.5. The largest absolute Gasteiger partial charge is 0.380 e. The van der Waals surface area contributed by atoms with Crippen LogP contribution in [0, 0.1) is 11.8 Å². The van der Waals surface area contributed by atoms with Crippen molar-refractivity contribution in [1.29, 1.82) is 0 Å². The Morgan fingerprint density at radius 2 is 2.00 bits per heavy atom. The normalized spacial score (nSPS) is 38.1. The number of ether oxygens (including phenoxy) is 1. The summed E-state index contributed by atoms with van der Waals surface area (Å²) in [5.74, 6) is 1.67. The van der Waals surface area contributed by atoms with Crippen LogP contribution in [-0.2, 0) is 4.74 Å². The Morgan fingerprint density at radius 1 is 1.16 bits per heavy atom. The standard InChI is InChI=1S/C16H32N2O/c1-4-6-17-15-12-13(2)11-14(3)16(15)18-7-5-9-19-10-8-18/h13-17H,4-12H2,1-3H3. The van der Waals surface area contributed by atoms with E-state index in [0.717, 1.165) is 38.1 Å². The fourth-order valence-electron chi connectivity index (χ4n) is 4.05. The van der Waals surface area contributed by atoms with E-state index in [-0.39, 0.29) is 0 Å². The first-order valence-electron chi connectivity index (χ1n) is 8.27. The fourth-order valence-corrected chi connectivity index (χ4v) is 4.05. The van der Waals surface area contributed by atoms with Gasteiger partial charge in [-0.15, -0.1) is 0 Å². The number of nitrogens with one attached hydrogen (secondary N) is 1. The van der Waals surface area contributed by atoms with Crippen molar-refractivity contribution in [1.82, 2.24) is 10.2 Å². The van der Waals surface area contributed by atoms with Gasteiger partial charge in [-0.1, -0.05) is 20.8 Å². The maximum Gasteiger partial charge on any atom is 0.0593 e. The first kappa shape index (κ1) is 15.3. The van der Waals surface area contributed by atoms with Crippen LogP contribution in [0.1, 0.15) is 46.5 Å². The molecule has 112 valence electrons. The predicted molar refractivity (Wildman–Crippen MR) is 80.4 cm³/mol. The van der Waals surface area contributed by atoms with E-state index in [1.54, 1.807) is 0 Å². The maximum atomic E-state index is 5.63. The van der Waals surface area contributed by atoms with Crippen LogP contribution in [0.25, 0.3) is 0 Å². The van der Waals surface area contributed by atoms with E-state index in [1.165, 1.54) is 32.2 Å². The van der Waals surface area contributed by atoms with Crippen LogP contribution in [0.4, 0.5) is 0 Å². The van der Waals surface area contributed by atoms with E-state index in [1.807, 2.05) is 0 Å². The number of rotatable bonds is 4. The van der Waals surface area contributed by atoms with Gasteiger partial charge in [0.2, 0.25) is 0 Å². The SMILES string of the molecule is CCCNC1CC(C)CC(C)C1N1CCCOCC1. The Kier molecular flexibility index (Phi) is 6.11. The minimum Gasteiger partial charge on any atom is -0.380 e. The lowest BCUT2D eigenvalue weighted by Crippen LogP contribution is -2.57. The summed E-state index contributed by atoms with van der Waals surface area (Å²) in [6.07, 6.45) is 5.15. The van der Waals surface area contributed by atoms with Crippen molar-refractivity contribution in [2.75, 3.05) is 32.8 Å². The minimum atomic E-state index is 0.678. The Bertz CT molecular complexity index is 251. The molecule has 1 aliphatic carbocycles. The molecule has 0 aromatic carbocycles. The Balaban J connectivity index is 2.02. The zero-order valence-corrected chi connectivity index (χ0v) is 13.0. The van der Waals surface area contributed by atoms with Crippen molar-refractivity contribution in [3.8, 4) is 0 Å². The molecule has 0 aromatic rings. The predicted octanol–water partition coefficient (Wildman–Crippen LogP) is 2.51. The summed E-state index contributed by atoms with van der Waals surface area (Å²) in [6, 6.07) is 1.39. The lowest BCUT2D eigenvalue weighted by Gasteiger charge is -2.46. The van der Waals surface area contributed by atoms with Crippen molar-refractivity contribution in [2.45, 2.75) is 58.5 Å². The molecule has 1 heterocycles. The van der Waals surface area contributed by atoms with E-state index < -0.39 is 0 Å². The summed E-state index contributed by atoms with van der Waals surface area (Å²) in [5, 5.41) is 3.82. The molecule has 1 aliphatic heterocycles. The average molecular weight is 268 g/mol. The molecule has 0 amide bonds. The second-order valence-electron chi connectivity index (χ2n) is 6.61. The van der Waals surface area contributed by atoms with Crippen molar-refractivity contribution >= 4 is 0 Å². The molecule has 1 saturated heterocycles. The van der Waals surface area contributed by atoms with Gasteiger partial charge in [0, 0.05) is 31.8 Å². The second kappa shape index (κ2) is 7.61. The van der Waals surface area contributed by atoms with E-state index in [0.29, 0.717) is 12.1 Å². The molecule has 0 spiro atoms. The topological polar surface area (TPSA) is 24.5 Å². The Labute approximate surface area is 119 Å². The van der Waals surface area contributed by atoms with Crippen LogP contribution in [0.5, 0.6) is 0 Å². The van der Waals surface area contributed by atoms with Gasteiger partial charge in [0.05, 0.1) is 6.61 Å². The summed E-state index contributed by atoms with van der Waals surface area (Å²) >= 11 is 0. The van der Waals surface area contributed by atoms with Gasteiger partial charge in [-0.05, 0) is 44.1 Å². The summed E-state index contributed by atoms with van der Waals surface area (Å²) < 4.78 is 5.63. The molecule has 3 heteroatoms. The molecule has 2 rings (SSSR count). The monoisotopic (exact) mass is 268 g/mol. The van der Waals surface area contributed by atoms with Crippen LogP contribution in [-0.4, -0.2) is 49.8 Å². The van der Waals surface area contributed by atoms with Crippen molar-refractivity contribution in [2.24, 2.45) is 11.8 Å². The van der Waals surface area contributed by atoms with E-state index in [9.17, 15) is 0 Å². The molecule has 4 unspecified atom stereocenters. The Hall–Kier alpha value is -0.120. The molecule has 2 fully saturated rings.